The smallest absolute Gasteiger partial charge is 0.302 e. The SMILES string of the molecule is CCCCCC.CCNCC.CCOC(C)=O.CO. The molecule has 0 rings (SSSR count). The Labute approximate surface area is 120 Å². The van der Waals surface area contributed by atoms with Gasteiger partial charge >= 0.3 is 5.97 Å². The van der Waals surface area contributed by atoms with E-state index in [-0.39, 0.29) is 5.97 Å². The van der Waals surface area contributed by atoms with Crippen molar-refractivity contribution < 1.29 is 14.6 Å². The molecule has 0 aromatic rings. The lowest BCUT2D eigenvalue weighted by molar-refractivity contribution is -0.140. The maximum atomic E-state index is 9.82. The van der Waals surface area contributed by atoms with E-state index in [0.29, 0.717) is 6.61 Å². The minimum atomic E-state index is -0.211. The van der Waals surface area contributed by atoms with Gasteiger partial charge in [-0.2, -0.15) is 0 Å². The number of aliphatic hydroxyl groups excluding tert-OH is 1. The first-order valence-corrected chi connectivity index (χ1v) is 7.39. The molecule has 0 aromatic heterocycles. The summed E-state index contributed by atoms with van der Waals surface area (Å²) in [6.45, 7) is 14.5. The quantitative estimate of drug-likeness (QED) is 0.578. The molecule has 0 amide bonds. The maximum absolute atomic E-state index is 9.82. The summed E-state index contributed by atoms with van der Waals surface area (Å²) in [4.78, 5) is 9.82. The molecule has 0 unspecified atom stereocenters. The summed E-state index contributed by atoms with van der Waals surface area (Å²) in [7, 11) is 1.00. The van der Waals surface area contributed by atoms with Gasteiger partial charge in [-0.15, -0.1) is 0 Å². The van der Waals surface area contributed by atoms with Gasteiger partial charge < -0.3 is 15.2 Å². The summed E-state index contributed by atoms with van der Waals surface area (Å²) in [5.41, 5.74) is 0. The van der Waals surface area contributed by atoms with Crippen molar-refractivity contribution in [2.75, 3.05) is 26.8 Å². The van der Waals surface area contributed by atoms with E-state index in [0.717, 1.165) is 20.2 Å². The number of carbonyl (C=O) groups is 1. The van der Waals surface area contributed by atoms with E-state index in [1.54, 1.807) is 6.92 Å². The maximum Gasteiger partial charge on any atom is 0.302 e. The lowest BCUT2D eigenvalue weighted by Gasteiger charge is -1.89. The van der Waals surface area contributed by atoms with Crippen LogP contribution in [-0.2, 0) is 9.53 Å². The topological polar surface area (TPSA) is 58.6 Å². The summed E-state index contributed by atoms with van der Waals surface area (Å²) in [5, 5.41) is 10.1. The highest BCUT2D eigenvalue weighted by molar-refractivity contribution is 5.65. The molecule has 0 bridgehead atoms. The van der Waals surface area contributed by atoms with Gasteiger partial charge in [0.1, 0.15) is 0 Å². The summed E-state index contributed by atoms with van der Waals surface area (Å²) in [6.07, 6.45) is 5.54. The van der Waals surface area contributed by atoms with Gasteiger partial charge in [-0.1, -0.05) is 53.4 Å². The number of unbranched alkanes of at least 4 members (excludes halogenated alkanes) is 3. The van der Waals surface area contributed by atoms with Crippen LogP contribution in [0.25, 0.3) is 0 Å². The molecule has 4 nitrogen and oxygen atoms in total. The molecular formula is C15H37NO3. The van der Waals surface area contributed by atoms with Crippen LogP contribution >= 0.6 is 0 Å². The molecule has 0 radical (unpaired) electrons. The zero-order chi connectivity index (χ0) is 15.9. The fourth-order valence-corrected chi connectivity index (χ4v) is 0.953. The first-order valence-electron chi connectivity index (χ1n) is 7.39. The van der Waals surface area contributed by atoms with Crippen LogP contribution < -0.4 is 5.32 Å². The van der Waals surface area contributed by atoms with Crippen LogP contribution in [0.1, 0.15) is 67.2 Å². The molecule has 0 spiro atoms. The third-order valence-corrected chi connectivity index (χ3v) is 1.80. The summed E-state index contributed by atoms with van der Waals surface area (Å²) >= 11 is 0. The third-order valence-electron chi connectivity index (χ3n) is 1.80. The molecule has 0 fully saturated rings. The molecule has 0 saturated carbocycles. The second kappa shape index (κ2) is 36.0. The fourth-order valence-electron chi connectivity index (χ4n) is 0.953. The van der Waals surface area contributed by atoms with E-state index in [2.05, 4.69) is 37.7 Å². The molecule has 0 aliphatic rings. The Morgan fingerprint density at radius 1 is 0.947 bits per heavy atom. The molecule has 0 atom stereocenters. The Hall–Kier alpha value is -0.610. The van der Waals surface area contributed by atoms with Crippen LogP contribution in [0.4, 0.5) is 0 Å². The fraction of sp³-hybridized carbons (Fsp3) is 0.933. The summed E-state index contributed by atoms with van der Waals surface area (Å²) < 4.78 is 4.40. The van der Waals surface area contributed by atoms with Gasteiger partial charge in [0, 0.05) is 14.0 Å². The van der Waals surface area contributed by atoms with E-state index < -0.39 is 0 Å². The van der Waals surface area contributed by atoms with Crippen molar-refractivity contribution >= 4 is 5.97 Å². The Kier molecular flexibility index (Phi) is 50.9. The molecule has 120 valence electrons. The van der Waals surface area contributed by atoms with Crippen LogP contribution in [-0.4, -0.2) is 37.9 Å². The van der Waals surface area contributed by atoms with Crippen molar-refractivity contribution in [1.29, 1.82) is 0 Å². The molecular weight excluding hydrogens is 242 g/mol. The molecule has 0 saturated heterocycles. The minimum Gasteiger partial charge on any atom is -0.466 e. The molecule has 0 heterocycles. The van der Waals surface area contributed by atoms with Crippen LogP contribution in [0.2, 0.25) is 0 Å². The normalized spacial score (nSPS) is 7.79. The second-order valence-electron chi connectivity index (χ2n) is 3.59. The summed E-state index contributed by atoms with van der Waals surface area (Å²) in [6, 6.07) is 0. The lowest BCUT2D eigenvalue weighted by atomic mass is 10.2. The molecule has 2 N–H and O–H groups in total. The average Bonchev–Trinajstić information content (AvgIpc) is 2.41. The summed E-state index contributed by atoms with van der Waals surface area (Å²) in [5.74, 6) is -0.211. The van der Waals surface area contributed by atoms with Gasteiger partial charge in [0.25, 0.3) is 0 Å². The zero-order valence-corrected chi connectivity index (χ0v) is 14.2. The van der Waals surface area contributed by atoms with Crippen molar-refractivity contribution in [2.24, 2.45) is 0 Å². The van der Waals surface area contributed by atoms with Crippen LogP contribution in [0.5, 0.6) is 0 Å². The average molecular weight is 279 g/mol. The van der Waals surface area contributed by atoms with E-state index >= 15 is 0 Å². The third kappa shape index (κ3) is 75.4. The number of carbonyl (C=O) groups excluding carboxylic acids is 1. The van der Waals surface area contributed by atoms with Crippen molar-refractivity contribution in [2.45, 2.75) is 67.2 Å². The Bertz CT molecular complexity index is 125. The van der Waals surface area contributed by atoms with Crippen molar-refractivity contribution in [3.8, 4) is 0 Å². The Balaban J connectivity index is -0.0000000835. The number of esters is 1. The van der Waals surface area contributed by atoms with Crippen molar-refractivity contribution in [3.05, 3.63) is 0 Å². The molecule has 0 aliphatic carbocycles. The highest BCUT2D eigenvalue weighted by atomic mass is 16.5. The molecule has 4 heteroatoms. The predicted molar refractivity (Wildman–Crippen MR) is 84.5 cm³/mol. The van der Waals surface area contributed by atoms with Crippen molar-refractivity contribution in [1.82, 2.24) is 5.32 Å². The molecule has 0 aliphatic heterocycles. The highest BCUT2D eigenvalue weighted by Gasteiger charge is 1.81. The second-order valence-corrected chi connectivity index (χ2v) is 3.59. The first-order chi connectivity index (χ1) is 9.10. The van der Waals surface area contributed by atoms with Crippen LogP contribution in [0.15, 0.2) is 0 Å². The Morgan fingerprint density at radius 2 is 1.32 bits per heavy atom. The standard InChI is InChI=1S/C6H14.C4H11N.C4H8O2.CH4O/c1-3-5-6-4-2;1-3-5-4-2;1-3-6-4(2)5;1-2/h3-6H2,1-2H3;5H,3-4H2,1-2H3;3H2,1-2H3;2H,1H3. The number of hydrogen-bond donors (Lipinski definition) is 2. The highest BCUT2D eigenvalue weighted by Crippen LogP contribution is 1.95. The van der Waals surface area contributed by atoms with Crippen LogP contribution in [0, 0.1) is 0 Å². The largest absolute Gasteiger partial charge is 0.466 e. The predicted octanol–water partition coefficient (Wildman–Crippen LogP) is 3.38. The zero-order valence-electron chi connectivity index (χ0n) is 14.2. The van der Waals surface area contributed by atoms with Crippen molar-refractivity contribution in [3.63, 3.8) is 0 Å². The van der Waals surface area contributed by atoms with Gasteiger partial charge in [0.15, 0.2) is 0 Å². The van der Waals surface area contributed by atoms with Gasteiger partial charge in [-0.25, -0.2) is 0 Å². The van der Waals surface area contributed by atoms with Crippen LogP contribution in [0.3, 0.4) is 0 Å². The van der Waals surface area contributed by atoms with E-state index in [4.69, 9.17) is 5.11 Å². The van der Waals surface area contributed by atoms with Gasteiger partial charge in [-0.05, 0) is 20.0 Å². The first kappa shape index (κ1) is 26.9. The Morgan fingerprint density at radius 3 is 1.37 bits per heavy atom. The number of ether oxygens (including phenoxy) is 1. The number of hydrogen-bond acceptors (Lipinski definition) is 4. The lowest BCUT2D eigenvalue weighted by Crippen LogP contribution is -2.09. The van der Waals surface area contributed by atoms with Gasteiger partial charge in [0.2, 0.25) is 0 Å². The van der Waals surface area contributed by atoms with E-state index in [1.807, 2.05) is 0 Å². The number of nitrogens with one attached hydrogen (secondary N) is 1. The van der Waals surface area contributed by atoms with Gasteiger partial charge in [0.05, 0.1) is 6.61 Å². The monoisotopic (exact) mass is 279 g/mol. The number of aliphatic hydroxyl groups is 1. The van der Waals surface area contributed by atoms with Gasteiger partial charge in [-0.3, -0.25) is 4.79 Å². The minimum absolute atomic E-state index is 0.211. The molecule has 19 heavy (non-hydrogen) atoms. The number of rotatable bonds is 6. The van der Waals surface area contributed by atoms with E-state index in [1.165, 1.54) is 32.6 Å². The van der Waals surface area contributed by atoms with E-state index in [9.17, 15) is 4.79 Å². The molecule has 0 aromatic carbocycles.